The minimum atomic E-state index is -0.376. The zero-order valence-corrected chi connectivity index (χ0v) is 9.42. The summed E-state index contributed by atoms with van der Waals surface area (Å²) in [6, 6.07) is 7.81. The van der Waals surface area contributed by atoms with Gasteiger partial charge < -0.3 is 5.73 Å². The quantitative estimate of drug-likeness (QED) is 0.824. The molecule has 0 amide bonds. The Bertz CT molecular complexity index is 520. The zero-order valence-electron chi connectivity index (χ0n) is 8.67. The van der Waals surface area contributed by atoms with Crippen molar-refractivity contribution >= 4 is 17.3 Å². The van der Waals surface area contributed by atoms with Crippen molar-refractivity contribution in [1.82, 2.24) is 4.98 Å². The smallest absolute Gasteiger partial charge is 0.125 e. The van der Waals surface area contributed by atoms with Crippen molar-refractivity contribution in [2.75, 3.05) is 5.73 Å². The van der Waals surface area contributed by atoms with Gasteiger partial charge in [0.25, 0.3) is 0 Å². The van der Waals surface area contributed by atoms with Crippen LogP contribution in [0.5, 0.6) is 0 Å². The van der Waals surface area contributed by atoms with Gasteiger partial charge in [-0.2, -0.15) is 0 Å². The molecule has 0 spiro atoms. The summed E-state index contributed by atoms with van der Waals surface area (Å²) in [5.74, 6) is -0.376. The molecule has 2 rings (SSSR count). The molecule has 0 aliphatic rings. The van der Waals surface area contributed by atoms with Crippen molar-refractivity contribution in [2.24, 2.45) is 0 Å². The van der Waals surface area contributed by atoms with Gasteiger partial charge in [-0.15, -0.1) is 0 Å². The molecule has 1 heterocycles. The Morgan fingerprint density at radius 2 is 2.00 bits per heavy atom. The van der Waals surface area contributed by atoms with Crippen LogP contribution in [0.25, 0.3) is 11.3 Å². The summed E-state index contributed by atoms with van der Waals surface area (Å²) < 4.78 is 13.2. The number of rotatable bonds is 1. The van der Waals surface area contributed by atoms with Crippen molar-refractivity contribution in [3.05, 3.63) is 46.9 Å². The third-order valence-corrected chi connectivity index (χ3v) is 2.50. The number of benzene rings is 1. The molecule has 1 aromatic heterocycles. The van der Waals surface area contributed by atoms with Gasteiger partial charge in [-0.1, -0.05) is 11.6 Å². The standard InChI is InChI=1S/C12H10ClFN2/c1-7-11(15)2-3-12(16-7)8-4-9(13)6-10(14)5-8/h2-6H,15H2,1H3. The lowest BCUT2D eigenvalue weighted by atomic mass is 10.1. The van der Waals surface area contributed by atoms with E-state index < -0.39 is 0 Å². The monoisotopic (exact) mass is 236 g/mol. The lowest BCUT2D eigenvalue weighted by molar-refractivity contribution is 0.628. The molecule has 0 bridgehead atoms. The predicted octanol–water partition coefficient (Wildman–Crippen LogP) is 3.43. The minimum Gasteiger partial charge on any atom is -0.397 e. The van der Waals surface area contributed by atoms with E-state index in [1.807, 2.05) is 0 Å². The molecule has 16 heavy (non-hydrogen) atoms. The third kappa shape index (κ3) is 2.14. The maximum atomic E-state index is 13.2. The first kappa shape index (κ1) is 10.9. The highest BCUT2D eigenvalue weighted by Gasteiger charge is 2.05. The molecule has 0 saturated heterocycles. The number of nitrogens with two attached hydrogens (primary N) is 1. The van der Waals surface area contributed by atoms with Crippen LogP contribution in [0.1, 0.15) is 5.69 Å². The van der Waals surface area contributed by atoms with Crippen molar-refractivity contribution in [2.45, 2.75) is 6.92 Å². The molecule has 0 unspecified atom stereocenters. The molecule has 82 valence electrons. The van der Waals surface area contributed by atoms with E-state index in [-0.39, 0.29) is 5.82 Å². The van der Waals surface area contributed by atoms with Crippen LogP contribution >= 0.6 is 11.6 Å². The Kier molecular flexibility index (Phi) is 2.79. The second-order valence-corrected chi connectivity index (χ2v) is 3.97. The fraction of sp³-hybridized carbons (Fsp3) is 0.0833. The lowest BCUT2D eigenvalue weighted by Gasteiger charge is -2.05. The average Bonchev–Trinajstić information content (AvgIpc) is 2.20. The molecule has 4 heteroatoms. The summed E-state index contributed by atoms with van der Waals surface area (Å²) in [6.07, 6.45) is 0. The van der Waals surface area contributed by atoms with Crippen LogP contribution in [-0.2, 0) is 0 Å². The SMILES string of the molecule is Cc1nc(-c2cc(F)cc(Cl)c2)ccc1N. The van der Waals surface area contributed by atoms with Gasteiger partial charge in [0.1, 0.15) is 5.82 Å². The van der Waals surface area contributed by atoms with Gasteiger partial charge in [-0.25, -0.2) is 4.39 Å². The first-order valence-corrected chi connectivity index (χ1v) is 5.13. The maximum Gasteiger partial charge on any atom is 0.125 e. The van der Waals surface area contributed by atoms with Crippen molar-refractivity contribution in [1.29, 1.82) is 0 Å². The molecule has 2 N–H and O–H groups in total. The van der Waals surface area contributed by atoms with E-state index in [1.165, 1.54) is 12.1 Å². The largest absolute Gasteiger partial charge is 0.397 e. The number of nitrogens with zero attached hydrogens (tertiary/aromatic N) is 1. The normalized spacial score (nSPS) is 10.4. The average molecular weight is 237 g/mol. The Morgan fingerprint density at radius 3 is 2.62 bits per heavy atom. The van der Waals surface area contributed by atoms with Crippen LogP contribution in [0.2, 0.25) is 5.02 Å². The van der Waals surface area contributed by atoms with E-state index in [0.717, 1.165) is 5.69 Å². The number of aromatic nitrogens is 1. The van der Waals surface area contributed by atoms with Gasteiger partial charge in [-0.05, 0) is 37.3 Å². The van der Waals surface area contributed by atoms with Crippen LogP contribution < -0.4 is 5.73 Å². The second-order valence-electron chi connectivity index (χ2n) is 3.53. The fourth-order valence-corrected chi connectivity index (χ4v) is 1.66. The molecule has 2 nitrogen and oxygen atoms in total. The van der Waals surface area contributed by atoms with Crippen LogP contribution in [0, 0.1) is 12.7 Å². The van der Waals surface area contributed by atoms with Gasteiger partial charge in [0.2, 0.25) is 0 Å². The van der Waals surface area contributed by atoms with Crippen molar-refractivity contribution in [3.8, 4) is 11.3 Å². The highest BCUT2D eigenvalue weighted by atomic mass is 35.5. The Labute approximate surface area is 97.9 Å². The van der Waals surface area contributed by atoms with Crippen LogP contribution in [-0.4, -0.2) is 4.98 Å². The number of halogens is 2. The summed E-state index contributed by atoms with van der Waals surface area (Å²) >= 11 is 5.78. The minimum absolute atomic E-state index is 0.353. The highest BCUT2D eigenvalue weighted by Crippen LogP contribution is 2.24. The number of nitrogen functional groups attached to an aromatic ring is 1. The third-order valence-electron chi connectivity index (χ3n) is 2.29. The van der Waals surface area contributed by atoms with E-state index in [2.05, 4.69) is 4.98 Å². The van der Waals surface area contributed by atoms with E-state index in [9.17, 15) is 4.39 Å². The summed E-state index contributed by atoms with van der Waals surface area (Å²) in [6.45, 7) is 1.81. The Balaban J connectivity index is 2.54. The highest BCUT2D eigenvalue weighted by molar-refractivity contribution is 6.30. The van der Waals surface area contributed by atoms with E-state index in [0.29, 0.717) is 22.0 Å². The Morgan fingerprint density at radius 1 is 1.25 bits per heavy atom. The number of hydrogen-bond donors (Lipinski definition) is 1. The van der Waals surface area contributed by atoms with Gasteiger partial charge in [0.15, 0.2) is 0 Å². The Hall–Kier alpha value is -1.61. The molecule has 1 aromatic carbocycles. The number of pyridine rings is 1. The fourth-order valence-electron chi connectivity index (χ4n) is 1.43. The van der Waals surface area contributed by atoms with E-state index in [1.54, 1.807) is 25.1 Å². The molecular formula is C12H10ClFN2. The predicted molar refractivity (Wildman–Crippen MR) is 63.8 cm³/mol. The topological polar surface area (TPSA) is 38.9 Å². The maximum absolute atomic E-state index is 13.2. The van der Waals surface area contributed by atoms with Crippen molar-refractivity contribution < 1.29 is 4.39 Å². The molecule has 0 radical (unpaired) electrons. The van der Waals surface area contributed by atoms with Crippen molar-refractivity contribution in [3.63, 3.8) is 0 Å². The van der Waals surface area contributed by atoms with Crippen LogP contribution in [0.4, 0.5) is 10.1 Å². The number of aryl methyl sites for hydroxylation is 1. The summed E-state index contributed by atoms with van der Waals surface area (Å²) in [5, 5.41) is 0.353. The molecular weight excluding hydrogens is 227 g/mol. The lowest BCUT2D eigenvalue weighted by Crippen LogP contribution is -1.94. The molecule has 0 aliphatic carbocycles. The first-order chi connectivity index (χ1) is 7.56. The van der Waals surface area contributed by atoms with E-state index in [4.69, 9.17) is 17.3 Å². The summed E-state index contributed by atoms with van der Waals surface area (Å²) in [5.41, 5.74) is 8.31. The molecule has 2 aromatic rings. The van der Waals surface area contributed by atoms with Crippen LogP contribution in [0.15, 0.2) is 30.3 Å². The van der Waals surface area contributed by atoms with Crippen LogP contribution in [0.3, 0.4) is 0 Å². The number of hydrogen-bond acceptors (Lipinski definition) is 2. The zero-order chi connectivity index (χ0) is 11.7. The second kappa shape index (κ2) is 4.10. The molecule has 0 atom stereocenters. The van der Waals surface area contributed by atoms with Gasteiger partial charge >= 0.3 is 0 Å². The van der Waals surface area contributed by atoms with Gasteiger partial charge in [0, 0.05) is 10.6 Å². The number of anilines is 1. The summed E-state index contributed by atoms with van der Waals surface area (Å²) in [7, 11) is 0. The first-order valence-electron chi connectivity index (χ1n) is 4.76. The molecule has 0 saturated carbocycles. The van der Waals surface area contributed by atoms with Gasteiger partial charge in [0.05, 0.1) is 17.1 Å². The molecule has 0 fully saturated rings. The van der Waals surface area contributed by atoms with Gasteiger partial charge in [-0.3, -0.25) is 4.98 Å². The van der Waals surface area contributed by atoms with E-state index >= 15 is 0 Å². The molecule has 0 aliphatic heterocycles. The summed E-state index contributed by atoms with van der Waals surface area (Å²) in [4.78, 5) is 4.27.